The van der Waals surface area contributed by atoms with Crippen molar-refractivity contribution in [3.05, 3.63) is 69.0 Å². The molecule has 2 N–H and O–H groups in total. The third kappa shape index (κ3) is 3.61. The SMILES string of the molecule is O=C(NC[C@H]1CCCO1)c1ccc2c(=O)n(-c3ccc(F)cc3)c(=S)[nH]c2c1. The van der Waals surface area contributed by atoms with Crippen molar-refractivity contribution in [1.82, 2.24) is 14.9 Å². The van der Waals surface area contributed by atoms with Crippen LogP contribution in [0.2, 0.25) is 0 Å². The average Bonchev–Trinajstić information content (AvgIpc) is 3.21. The number of hydrogen-bond donors (Lipinski definition) is 2. The highest BCUT2D eigenvalue weighted by atomic mass is 32.1. The van der Waals surface area contributed by atoms with Crippen LogP contribution in [0.5, 0.6) is 0 Å². The lowest BCUT2D eigenvalue weighted by atomic mass is 10.1. The van der Waals surface area contributed by atoms with E-state index in [0.717, 1.165) is 19.4 Å². The van der Waals surface area contributed by atoms with Gasteiger partial charge in [0.25, 0.3) is 11.5 Å². The number of carbonyl (C=O) groups excluding carboxylic acids is 1. The second kappa shape index (κ2) is 7.65. The number of fused-ring (bicyclic) bond motifs is 1. The fourth-order valence-electron chi connectivity index (χ4n) is 3.30. The van der Waals surface area contributed by atoms with Gasteiger partial charge in [-0.05, 0) is 67.5 Å². The van der Waals surface area contributed by atoms with Crippen molar-refractivity contribution < 1.29 is 13.9 Å². The first kappa shape index (κ1) is 18.5. The van der Waals surface area contributed by atoms with E-state index in [1.54, 1.807) is 18.2 Å². The fraction of sp³-hybridized carbons (Fsp3) is 0.250. The molecule has 2 aromatic carbocycles. The van der Waals surface area contributed by atoms with Gasteiger partial charge in [0, 0.05) is 18.7 Å². The number of ether oxygens (including phenoxy) is 1. The van der Waals surface area contributed by atoms with Gasteiger partial charge in [0.15, 0.2) is 4.77 Å². The molecule has 0 spiro atoms. The van der Waals surface area contributed by atoms with Crippen LogP contribution >= 0.6 is 12.2 Å². The van der Waals surface area contributed by atoms with Crippen molar-refractivity contribution in [3.8, 4) is 5.69 Å². The first-order chi connectivity index (χ1) is 13.5. The summed E-state index contributed by atoms with van der Waals surface area (Å²) >= 11 is 5.31. The van der Waals surface area contributed by atoms with E-state index in [1.165, 1.54) is 28.8 Å². The molecule has 1 aromatic heterocycles. The van der Waals surface area contributed by atoms with Gasteiger partial charge in [-0.2, -0.15) is 0 Å². The average molecular weight is 399 g/mol. The van der Waals surface area contributed by atoms with Crippen LogP contribution in [0.15, 0.2) is 47.3 Å². The van der Waals surface area contributed by atoms with E-state index in [2.05, 4.69) is 10.3 Å². The molecule has 1 saturated heterocycles. The molecule has 4 rings (SSSR count). The third-order valence-corrected chi connectivity index (χ3v) is 5.04. The summed E-state index contributed by atoms with van der Waals surface area (Å²) < 4.78 is 20.1. The minimum absolute atomic E-state index is 0.0538. The summed E-state index contributed by atoms with van der Waals surface area (Å²) in [5.41, 5.74) is 1.03. The topological polar surface area (TPSA) is 76.1 Å². The predicted octanol–water partition coefficient (Wildman–Crippen LogP) is 3.10. The predicted molar refractivity (Wildman–Crippen MR) is 106 cm³/mol. The van der Waals surface area contributed by atoms with Crippen LogP contribution < -0.4 is 10.9 Å². The van der Waals surface area contributed by atoms with Gasteiger partial charge in [-0.3, -0.25) is 14.2 Å². The molecule has 1 aliphatic heterocycles. The van der Waals surface area contributed by atoms with Gasteiger partial charge in [-0.15, -0.1) is 0 Å². The van der Waals surface area contributed by atoms with Crippen LogP contribution in [-0.4, -0.2) is 34.7 Å². The number of aromatic nitrogens is 2. The van der Waals surface area contributed by atoms with E-state index in [0.29, 0.717) is 28.7 Å². The Hall–Kier alpha value is -2.84. The zero-order valence-electron chi connectivity index (χ0n) is 14.9. The van der Waals surface area contributed by atoms with Crippen molar-refractivity contribution in [1.29, 1.82) is 0 Å². The molecule has 1 atom stereocenters. The highest BCUT2D eigenvalue weighted by Gasteiger charge is 2.17. The second-order valence-corrected chi connectivity index (χ2v) is 7.04. The number of H-pyrrole nitrogens is 1. The van der Waals surface area contributed by atoms with Crippen molar-refractivity contribution >= 4 is 29.0 Å². The largest absolute Gasteiger partial charge is 0.376 e. The normalized spacial score (nSPS) is 16.4. The number of aromatic amines is 1. The summed E-state index contributed by atoms with van der Waals surface area (Å²) in [6, 6.07) is 10.3. The summed E-state index contributed by atoms with van der Waals surface area (Å²) in [6.07, 6.45) is 2.00. The number of halogens is 1. The third-order valence-electron chi connectivity index (χ3n) is 4.76. The first-order valence-corrected chi connectivity index (χ1v) is 9.38. The highest BCUT2D eigenvalue weighted by molar-refractivity contribution is 7.71. The molecule has 1 aliphatic rings. The van der Waals surface area contributed by atoms with Gasteiger partial charge in [0.1, 0.15) is 5.82 Å². The van der Waals surface area contributed by atoms with Gasteiger partial charge >= 0.3 is 0 Å². The fourth-order valence-corrected chi connectivity index (χ4v) is 3.60. The quantitative estimate of drug-likeness (QED) is 0.661. The molecule has 28 heavy (non-hydrogen) atoms. The molecule has 0 radical (unpaired) electrons. The van der Waals surface area contributed by atoms with E-state index >= 15 is 0 Å². The number of benzene rings is 2. The molecule has 1 amide bonds. The van der Waals surface area contributed by atoms with Gasteiger partial charge < -0.3 is 15.0 Å². The standard InChI is InChI=1S/C20H18FN3O3S/c21-13-4-6-14(7-5-13)24-19(26)16-8-3-12(10-17(16)23-20(24)28)18(25)22-11-15-2-1-9-27-15/h3-8,10,15H,1-2,9,11H2,(H,22,25)(H,23,28)/t15-/m1/s1. The van der Waals surface area contributed by atoms with Crippen molar-refractivity contribution in [2.24, 2.45) is 0 Å². The lowest BCUT2D eigenvalue weighted by Gasteiger charge is -2.12. The number of nitrogens with zero attached hydrogens (tertiary/aromatic N) is 1. The molecule has 0 bridgehead atoms. The van der Waals surface area contributed by atoms with Gasteiger partial charge in [0.2, 0.25) is 0 Å². The Bertz CT molecular complexity index is 1150. The molecular weight excluding hydrogens is 381 g/mol. The molecule has 6 nitrogen and oxygen atoms in total. The first-order valence-electron chi connectivity index (χ1n) is 8.98. The number of hydrogen-bond acceptors (Lipinski definition) is 4. The lowest BCUT2D eigenvalue weighted by molar-refractivity contribution is 0.0858. The monoisotopic (exact) mass is 399 g/mol. The molecule has 3 aromatic rings. The Morgan fingerprint density at radius 2 is 2.07 bits per heavy atom. The highest BCUT2D eigenvalue weighted by Crippen LogP contribution is 2.15. The zero-order valence-corrected chi connectivity index (χ0v) is 15.7. The maximum Gasteiger partial charge on any atom is 0.266 e. The van der Waals surface area contributed by atoms with Crippen molar-refractivity contribution in [2.45, 2.75) is 18.9 Å². The van der Waals surface area contributed by atoms with Gasteiger partial charge in [0.05, 0.1) is 22.7 Å². The summed E-state index contributed by atoms with van der Waals surface area (Å²) in [5, 5.41) is 3.24. The van der Waals surface area contributed by atoms with E-state index in [4.69, 9.17) is 17.0 Å². The minimum atomic E-state index is -0.397. The molecule has 0 saturated carbocycles. The second-order valence-electron chi connectivity index (χ2n) is 6.65. The number of amides is 1. The van der Waals surface area contributed by atoms with Crippen molar-refractivity contribution in [2.75, 3.05) is 13.2 Å². The summed E-state index contributed by atoms with van der Waals surface area (Å²) in [4.78, 5) is 28.3. The van der Waals surface area contributed by atoms with Crippen LogP contribution in [0.4, 0.5) is 4.39 Å². The summed E-state index contributed by atoms with van der Waals surface area (Å²) in [7, 11) is 0. The van der Waals surface area contributed by atoms with Gasteiger partial charge in [-0.25, -0.2) is 4.39 Å². The Kier molecular flexibility index (Phi) is 5.06. The summed E-state index contributed by atoms with van der Waals surface area (Å²) in [5.74, 6) is -0.634. The smallest absolute Gasteiger partial charge is 0.266 e. The Labute approximate surface area is 165 Å². The number of carbonyl (C=O) groups is 1. The number of rotatable bonds is 4. The van der Waals surface area contributed by atoms with E-state index in [9.17, 15) is 14.0 Å². The molecule has 2 heterocycles. The van der Waals surface area contributed by atoms with E-state index < -0.39 is 5.82 Å². The molecule has 0 aliphatic carbocycles. The van der Waals surface area contributed by atoms with Crippen LogP contribution in [0.25, 0.3) is 16.6 Å². The van der Waals surface area contributed by atoms with Crippen LogP contribution in [0.3, 0.4) is 0 Å². The van der Waals surface area contributed by atoms with Crippen molar-refractivity contribution in [3.63, 3.8) is 0 Å². The van der Waals surface area contributed by atoms with Crippen LogP contribution in [-0.2, 0) is 4.74 Å². The maximum absolute atomic E-state index is 13.2. The summed E-state index contributed by atoms with van der Waals surface area (Å²) in [6.45, 7) is 1.19. The van der Waals surface area contributed by atoms with E-state index in [-0.39, 0.29) is 22.3 Å². The zero-order chi connectivity index (χ0) is 19.7. The molecular formula is C20H18FN3O3S. The molecule has 1 fully saturated rings. The molecule has 0 unspecified atom stereocenters. The lowest BCUT2D eigenvalue weighted by Crippen LogP contribution is -2.31. The van der Waals surface area contributed by atoms with Crippen LogP contribution in [0, 0.1) is 10.6 Å². The Balaban J connectivity index is 1.66. The van der Waals surface area contributed by atoms with Gasteiger partial charge in [-0.1, -0.05) is 0 Å². The Morgan fingerprint density at radius 3 is 2.79 bits per heavy atom. The number of nitrogens with one attached hydrogen (secondary N) is 2. The van der Waals surface area contributed by atoms with Crippen LogP contribution in [0.1, 0.15) is 23.2 Å². The maximum atomic E-state index is 13.2. The molecule has 144 valence electrons. The Morgan fingerprint density at radius 1 is 1.29 bits per heavy atom. The van der Waals surface area contributed by atoms with E-state index in [1.807, 2.05) is 0 Å². The molecule has 8 heteroatoms. The minimum Gasteiger partial charge on any atom is -0.376 e.